The number of benzene rings is 1. The molecule has 3 N–H and O–H groups in total. The van der Waals surface area contributed by atoms with Crippen molar-refractivity contribution in [2.24, 2.45) is 5.92 Å². The average Bonchev–Trinajstić information content (AvgIpc) is 2.93. The SMILES string of the molecule is CC(C)CCNC(=O)CSc1nnc(-c2ccc(C(C)(C)C)cc2)n1N. The summed E-state index contributed by atoms with van der Waals surface area (Å²) in [4.78, 5) is 11.9. The number of hydrogen-bond acceptors (Lipinski definition) is 5. The molecule has 0 aliphatic heterocycles. The molecule has 0 aliphatic rings. The average molecular weight is 376 g/mol. The van der Waals surface area contributed by atoms with Gasteiger partial charge in [0.15, 0.2) is 5.82 Å². The van der Waals surface area contributed by atoms with Crippen molar-refractivity contribution in [3.05, 3.63) is 29.8 Å². The van der Waals surface area contributed by atoms with Crippen molar-refractivity contribution >= 4 is 17.7 Å². The quantitative estimate of drug-likeness (QED) is 0.573. The van der Waals surface area contributed by atoms with Gasteiger partial charge in [0.25, 0.3) is 0 Å². The molecule has 0 unspecified atom stereocenters. The summed E-state index contributed by atoms with van der Waals surface area (Å²) in [7, 11) is 0. The Morgan fingerprint density at radius 2 is 1.88 bits per heavy atom. The van der Waals surface area contributed by atoms with Crippen LogP contribution in [-0.4, -0.2) is 33.1 Å². The highest BCUT2D eigenvalue weighted by Crippen LogP contribution is 2.26. The third-order valence-corrected chi connectivity index (χ3v) is 4.99. The highest BCUT2D eigenvalue weighted by atomic mass is 32.2. The number of nitrogen functional groups attached to an aromatic ring is 1. The fourth-order valence-corrected chi connectivity index (χ4v) is 3.06. The summed E-state index contributed by atoms with van der Waals surface area (Å²) in [6.07, 6.45) is 0.970. The topological polar surface area (TPSA) is 85.8 Å². The summed E-state index contributed by atoms with van der Waals surface area (Å²) >= 11 is 1.29. The van der Waals surface area contributed by atoms with Crippen LogP contribution in [0.1, 0.15) is 46.6 Å². The van der Waals surface area contributed by atoms with Crippen LogP contribution < -0.4 is 11.2 Å². The molecule has 0 bridgehead atoms. The van der Waals surface area contributed by atoms with Gasteiger partial charge in [-0.1, -0.05) is 70.6 Å². The molecule has 142 valence electrons. The van der Waals surface area contributed by atoms with E-state index in [-0.39, 0.29) is 17.1 Å². The lowest BCUT2D eigenvalue weighted by Gasteiger charge is -2.19. The molecule has 0 aliphatic carbocycles. The second-order valence-electron chi connectivity index (χ2n) is 7.82. The maximum absolute atomic E-state index is 11.9. The second kappa shape index (κ2) is 8.58. The molecule has 1 amide bonds. The number of thioether (sulfide) groups is 1. The molecule has 7 heteroatoms. The number of hydrogen-bond donors (Lipinski definition) is 2. The molecular weight excluding hydrogens is 346 g/mol. The molecule has 0 fully saturated rings. The summed E-state index contributed by atoms with van der Waals surface area (Å²) < 4.78 is 1.44. The van der Waals surface area contributed by atoms with Crippen LogP contribution in [0.25, 0.3) is 11.4 Å². The van der Waals surface area contributed by atoms with Crippen molar-refractivity contribution in [1.82, 2.24) is 20.2 Å². The van der Waals surface area contributed by atoms with Crippen molar-refractivity contribution in [3.8, 4) is 11.4 Å². The summed E-state index contributed by atoms with van der Waals surface area (Å²) in [6.45, 7) is 11.5. The minimum absolute atomic E-state index is 0.0188. The van der Waals surface area contributed by atoms with E-state index in [1.165, 1.54) is 22.0 Å². The lowest BCUT2D eigenvalue weighted by atomic mass is 9.87. The first kappa shape index (κ1) is 20.3. The molecule has 6 nitrogen and oxygen atoms in total. The highest BCUT2D eigenvalue weighted by Gasteiger charge is 2.16. The Bertz CT molecular complexity index is 731. The van der Waals surface area contributed by atoms with Crippen LogP contribution in [0.4, 0.5) is 0 Å². The van der Waals surface area contributed by atoms with E-state index in [9.17, 15) is 4.79 Å². The van der Waals surface area contributed by atoms with Crippen LogP contribution in [0.5, 0.6) is 0 Å². The maximum Gasteiger partial charge on any atom is 0.230 e. The van der Waals surface area contributed by atoms with Gasteiger partial charge < -0.3 is 11.2 Å². The van der Waals surface area contributed by atoms with Gasteiger partial charge in [-0.3, -0.25) is 4.79 Å². The van der Waals surface area contributed by atoms with Crippen LogP contribution in [0.3, 0.4) is 0 Å². The molecule has 0 atom stereocenters. The van der Waals surface area contributed by atoms with Gasteiger partial charge >= 0.3 is 0 Å². The fourth-order valence-electron chi connectivity index (χ4n) is 2.37. The zero-order valence-electron chi connectivity index (χ0n) is 16.2. The van der Waals surface area contributed by atoms with Crippen molar-refractivity contribution < 1.29 is 4.79 Å². The van der Waals surface area contributed by atoms with Crippen molar-refractivity contribution in [1.29, 1.82) is 0 Å². The monoisotopic (exact) mass is 375 g/mol. The lowest BCUT2D eigenvalue weighted by molar-refractivity contribution is -0.118. The first-order chi connectivity index (χ1) is 12.2. The summed E-state index contributed by atoms with van der Waals surface area (Å²) in [6, 6.07) is 8.17. The Labute approximate surface area is 159 Å². The number of carbonyl (C=O) groups excluding carboxylic acids is 1. The van der Waals surface area contributed by atoms with Crippen molar-refractivity contribution in [2.75, 3.05) is 18.1 Å². The van der Waals surface area contributed by atoms with E-state index in [2.05, 4.69) is 62.3 Å². The Kier molecular flexibility index (Phi) is 6.69. The summed E-state index contributed by atoms with van der Waals surface area (Å²) in [5.41, 5.74) is 2.25. The van der Waals surface area contributed by atoms with E-state index in [0.717, 1.165) is 12.0 Å². The molecule has 2 aromatic rings. The molecule has 0 radical (unpaired) electrons. The van der Waals surface area contributed by atoms with Gasteiger partial charge in [0.05, 0.1) is 5.75 Å². The molecular formula is C19H29N5OS. The molecule has 1 aromatic heterocycles. The Hall–Kier alpha value is -2.02. The Morgan fingerprint density at radius 3 is 2.46 bits per heavy atom. The van der Waals surface area contributed by atoms with E-state index in [1.807, 2.05) is 12.1 Å². The van der Waals surface area contributed by atoms with Crippen molar-refractivity contribution in [2.45, 2.75) is 51.6 Å². The van der Waals surface area contributed by atoms with Gasteiger partial charge in [0.1, 0.15) is 0 Å². The maximum atomic E-state index is 11.9. The van der Waals surface area contributed by atoms with E-state index in [4.69, 9.17) is 5.84 Å². The van der Waals surface area contributed by atoms with E-state index in [0.29, 0.717) is 23.4 Å². The summed E-state index contributed by atoms with van der Waals surface area (Å²) in [5, 5.41) is 11.7. The van der Waals surface area contributed by atoms with E-state index in [1.54, 1.807) is 0 Å². The summed E-state index contributed by atoms with van der Waals surface area (Å²) in [5.74, 6) is 7.54. The molecule has 0 saturated carbocycles. The largest absolute Gasteiger partial charge is 0.355 e. The zero-order chi connectivity index (χ0) is 19.3. The van der Waals surface area contributed by atoms with Gasteiger partial charge in [-0.25, -0.2) is 4.68 Å². The fraction of sp³-hybridized carbons (Fsp3) is 0.526. The van der Waals surface area contributed by atoms with Gasteiger partial charge in [0, 0.05) is 12.1 Å². The van der Waals surface area contributed by atoms with Crippen molar-refractivity contribution in [3.63, 3.8) is 0 Å². The zero-order valence-corrected chi connectivity index (χ0v) is 17.1. The molecule has 2 rings (SSSR count). The predicted molar refractivity (Wildman–Crippen MR) is 107 cm³/mol. The molecule has 26 heavy (non-hydrogen) atoms. The Balaban J connectivity index is 1.98. The molecule has 1 aromatic carbocycles. The number of aromatic nitrogens is 3. The van der Waals surface area contributed by atoms with E-state index >= 15 is 0 Å². The van der Waals surface area contributed by atoms with Gasteiger partial charge in [-0.05, 0) is 23.3 Å². The van der Waals surface area contributed by atoms with Crippen LogP contribution in [0.15, 0.2) is 29.4 Å². The van der Waals surface area contributed by atoms with Crippen LogP contribution >= 0.6 is 11.8 Å². The normalized spacial score (nSPS) is 11.8. The third kappa shape index (κ3) is 5.49. The minimum Gasteiger partial charge on any atom is -0.355 e. The van der Waals surface area contributed by atoms with Gasteiger partial charge in [-0.15, -0.1) is 10.2 Å². The smallest absolute Gasteiger partial charge is 0.230 e. The number of nitrogens with two attached hydrogens (primary N) is 1. The number of rotatable bonds is 7. The minimum atomic E-state index is -0.0188. The first-order valence-electron chi connectivity index (χ1n) is 8.89. The number of nitrogens with one attached hydrogen (secondary N) is 1. The third-order valence-electron chi connectivity index (χ3n) is 4.05. The molecule has 1 heterocycles. The molecule has 0 saturated heterocycles. The standard InChI is InChI=1S/C19H29N5OS/c1-13(2)10-11-21-16(25)12-26-18-23-22-17(24(18)20)14-6-8-15(9-7-14)19(3,4)5/h6-9,13H,10-12,20H2,1-5H3,(H,21,25). The number of amides is 1. The van der Waals surface area contributed by atoms with Crippen LogP contribution in [0.2, 0.25) is 0 Å². The lowest BCUT2D eigenvalue weighted by Crippen LogP contribution is -2.27. The van der Waals surface area contributed by atoms with Gasteiger partial charge in [-0.2, -0.15) is 0 Å². The highest BCUT2D eigenvalue weighted by molar-refractivity contribution is 7.99. The van der Waals surface area contributed by atoms with Crippen LogP contribution in [0, 0.1) is 5.92 Å². The molecule has 0 spiro atoms. The number of nitrogens with zero attached hydrogens (tertiary/aromatic N) is 3. The predicted octanol–water partition coefficient (Wildman–Crippen LogP) is 3.21. The van der Waals surface area contributed by atoms with Gasteiger partial charge in [0.2, 0.25) is 11.1 Å². The first-order valence-corrected chi connectivity index (χ1v) is 9.88. The number of carbonyl (C=O) groups is 1. The second-order valence-corrected chi connectivity index (χ2v) is 8.77. The van der Waals surface area contributed by atoms with E-state index < -0.39 is 0 Å². The Morgan fingerprint density at radius 1 is 1.23 bits per heavy atom. The van der Waals surface area contributed by atoms with Crippen LogP contribution in [-0.2, 0) is 10.2 Å².